The Morgan fingerprint density at radius 3 is 2.44 bits per heavy atom. The number of carbonyl (C=O) groups is 1. The van der Waals surface area contributed by atoms with Gasteiger partial charge < -0.3 is 20.5 Å². The van der Waals surface area contributed by atoms with Gasteiger partial charge in [0.05, 0.1) is 6.20 Å². The Hall–Kier alpha value is -3.29. The molecule has 0 aliphatic heterocycles. The zero-order chi connectivity index (χ0) is 26.3. The molecule has 0 fully saturated rings. The summed E-state index contributed by atoms with van der Waals surface area (Å²) in [6, 6.07) is 18.4. The van der Waals surface area contributed by atoms with Crippen molar-refractivity contribution in [1.82, 2.24) is 10.3 Å². The second kappa shape index (κ2) is 12.1. The Bertz CT molecular complexity index is 1180. The molecule has 2 aromatic carbocycles. The van der Waals surface area contributed by atoms with Crippen LogP contribution in [-0.4, -0.2) is 35.0 Å². The van der Waals surface area contributed by atoms with E-state index in [0.717, 1.165) is 11.1 Å². The second-order valence-corrected chi connectivity index (χ2v) is 9.89. The number of hydrogen-bond acceptors (Lipinski definition) is 5. The van der Waals surface area contributed by atoms with Crippen LogP contribution in [0.1, 0.15) is 37.8 Å². The van der Waals surface area contributed by atoms with Crippen LogP contribution in [0.5, 0.6) is 11.6 Å². The first-order valence-corrected chi connectivity index (χ1v) is 12.2. The summed E-state index contributed by atoms with van der Waals surface area (Å²) in [6.45, 7) is 5.31. The third kappa shape index (κ3) is 7.86. The van der Waals surface area contributed by atoms with Crippen LogP contribution in [0.15, 0.2) is 66.9 Å². The number of benzene rings is 2. The molecule has 3 aromatic rings. The molecule has 36 heavy (non-hydrogen) atoms. The quantitative estimate of drug-likeness (QED) is 0.228. The average molecular weight is 529 g/mol. The Balaban J connectivity index is 1.71. The van der Waals surface area contributed by atoms with Crippen LogP contribution >= 0.6 is 23.2 Å². The third-order valence-corrected chi connectivity index (χ3v) is 6.11. The molecule has 0 aliphatic rings. The maximum Gasteiger partial charge on any atom is 0.263 e. The fraction of sp³-hybridized carbons (Fsp3) is 0.296. The standard InChI is InChI=1S/C27H30Cl2N4O3/c1-17(23(19-5-4-6-21(29)14-19)13-18-7-9-20(28)10-8-18)33-26(34)27(2,3)36-25-12-11-22(15-32-25)35-16-24(30)31/h4-12,14-15,17,23H,13,16H2,1-3H3,(H3,30,31)(H,33,34). The normalized spacial score (nSPS) is 12.9. The van der Waals surface area contributed by atoms with Crippen LogP contribution in [-0.2, 0) is 11.2 Å². The van der Waals surface area contributed by atoms with E-state index in [4.69, 9.17) is 43.8 Å². The predicted octanol–water partition coefficient (Wildman–Crippen LogP) is 5.39. The fourth-order valence-electron chi connectivity index (χ4n) is 3.66. The largest absolute Gasteiger partial charge is 0.484 e. The highest BCUT2D eigenvalue weighted by Gasteiger charge is 2.33. The average Bonchev–Trinajstić information content (AvgIpc) is 2.83. The minimum absolute atomic E-state index is 0.0303. The summed E-state index contributed by atoms with van der Waals surface area (Å²) in [6.07, 6.45) is 2.14. The van der Waals surface area contributed by atoms with Gasteiger partial charge in [-0.1, -0.05) is 47.5 Å². The fourth-order valence-corrected chi connectivity index (χ4v) is 3.98. The van der Waals surface area contributed by atoms with Gasteiger partial charge in [0.15, 0.2) is 5.60 Å². The monoisotopic (exact) mass is 528 g/mol. The summed E-state index contributed by atoms with van der Waals surface area (Å²) < 4.78 is 11.2. The molecular weight excluding hydrogens is 499 g/mol. The third-order valence-electron chi connectivity index (χ3n) is 5.62. The SMILES string of the molecule is CC(NC(=O)C(C)(C)Oc1ccc(OCC(=N)N)cn1)C(Cc1ccc(Cl)cc1)c1cccc(Cl)c1. The molecule has 0 spiro atoms. The number of ether oxygens (including phenoxy) is 2. The molecule has 2 atom stereocenters. The van der Waals surface area contributed by atoms with Crippen LogP contribution in [0.2, 0.25) is 10.0 Å². The van der Waals surface area contributed by atoms with Crippen molar-refractivity contribution < 1.29 is 14.3 Å². The van der Waals surface area contributed by atoms with E-state index in [-0.39, 0.29) is 36.2 Å². The van der Waals surface area contributed by atoms with Gasteiger partial charge in [0.2, 0.25) is 5.88 Å². The van der Waals surface area contributed by atoms with Crippen LogP contribution in [0, 0.1) is 5.41 Å². The van der Waals surface area contributed by atoms with E-state index >= 15 is 0 Å². The number of pyridine rings is 1. The number of carbonyl (C=O) groups excluding carboxylic acids is 1. The Kier molecular flexibility index (Phi) is 9.18. The van der Waals surface area contributed by atoms with Gasteiger partial charge in [0, 0.05) is 28.1 Å². The lowest BCUT2D eigenvalue weighted by Gasteiger charge is -2.30. The lowest BCUT2D eigenvalue weighted by molar-refractivity contribution is -0.135. The zero-order valence-corrected chi connectivity index (χ0v) is 21.9. The maximum absolute atomic E-state index is 13.3. The van der Waals surface area contributed by atoms with E-state index in [1.54, 1.807) is 26.0 Å². The molecule has 7 nitrogen and oxygen atoms in total. The highest BCUT2D eigenvalue weighted by molar-refractivity contribution is 6.30. The molecule has 0 bridgehead atoms. The molecule has 1 amide bonds. The summed E-state index contributed by atoms with van der Waals surface area (Å²) in [4.78, 5) is 17.4. The van der Waals surface area contributed by atoms with Crippen molar-refractivity contribution in [2.75, 3.05) is 6.61 Å². The molecule has 4 N–H and O–H groups in total. The summed E-state index contributed by atoms with van der Waals surface area (Å²) in [5, 5.41) is 11.6. The predicted molar refractivity (Wildman–Crippen MR) is 143 cm³/mol. The first kappa shape index (κ1) is 27.3. The Morgan fingerprint density at radius 1 is 1.11 bits per heavy atom. The van der Waals surface area contributed by atoms with Crippen molar-refractivity contribution in [3.63, 3.8) is 0 Å². The van der Waals surface area contributed by atoms with E-state index in [1.165, 1.54) is 6.20 Å². The van der Waals surface area contributed by atoms with Gasteiger partial charge in [-0.05, 0) is 68.7 Å². The summed E-state index contributed by atoms with van der Waals surface area (Å²) >= 11 is 12.3. The van der Waals surface area contributed by atoms with Gasteiger partial charge in [0.25, 0.3) is 5.91 Å². The lowest BCUT2D eigenvalue weighted by Crippen LogP contribution is -2.51. The van der Waals surface area contributed by atoms with Crippen molar-refractivity contribution in [2.24, 2.45) is 5.73 Å². The summed E-state index contributed by atoms with van der Waals surface area (Å²) in [5.41, 5.74) is 6.22. The second-order valence-electron chi connectivity index (χ2n) is 9.01. The first-order valence-electron chi connectivity index (χ1n) is 11.4. The van der Waals surface area contributed by atoms with Gasteiger partial charge in [-0.2, -0.15) is 0 Å². The number of nitrogens with two attached hydrogens (primary N) is 1. The smallest absolute Gasteiger partial charge is 0.263 e. The van der Waals surface area contributed by atoms with E-state index in [9.17, 15) is 4.79 Å². The minimum atomic E-state index is -1.19. The molecule has 0 aliphatic carbocycles. The summed E-state index contributed by atoms with van der Waals surface area (Å²) in [5.74, 6) is 0.303. The van der Waals surface area contributed by atoms with Crippen LogP contribution in [0.4, 0.5) is 0 Å². The van der Waals surface area contributed by atoms with Crippen LogP contribution in [0.3, 0.4) is 0 Å². The van der Waals surface area contributed by atoms with Crippen LogP contribution in [0.25, 0.3) is 0 Å². The number of rotatable bonds is 11. The van der Waals surface area contributed by atoms with Gasteiger partial charge in [-0.15, -0.1) is 0 Å². The number of nitrogens with zero attached hydrogens (tertiary/aromatic N) is 1. The first-order chi connectivity index (χ1) is 17.0. The van der Waals surface area contributed by atoms with Crippen molar-refractivity contribution in [3.8, 4) is 11.6 Å². The number of hydrogen-bond donors (Lipinski definition) is 3. The molecule has 0 saturated carbocycles. The van der Waals surface area contributed by atoms with E-state index in [2.05, 4.69) is 10.3 Å². The van der Waals surface area contributed by atoms with Crippen LogP contribution < -0.4 is 20.5 Å². The molecule has 0 radical (unpaired) electrons. The van der Waals surface area contributed by atoms with E-state index < -0.39 is 5.60 Å². The minimum Gasteiger partial charge on any atom is -0.484 e. The number of nitrogens with one attached hydrogen (secondary N) is 2. The van der Waals surface area contributed by atoms with Crippen molar-refractivity contribution >= 4 is 34.9 Å². The van der Waals surface area contributed by atoms with Gasteiger partial charge in [-0.25, -0.2) is 4.98 Å². The molecule has 9 heteroatoms. The van der Waals surface area contributed by atoms with Crippen molar-refractivity contribution in [1.29, 1.82) is 5.41 Å². The van der Waals surface area contributed by atoms with E-state index in [1.807, 2.05) is 55.5 Å². The molecule has 3 rings (SSSR count). The van der Waals surface area contributed by atoms with E-state index in [0.29, 0.717) is 22.2 Å². The number of amides is 1. The Labute approximate surface area is 221 Å². The highest BCUT2D eigenvalue weighted by atomic mass is 35.5. The number of aromatic nitrogens is 1. The number of halogens is 2. The molecule has 1 heterocycles. The molecule has 190 valence electrons. The summed E-state index contributed by atoms with van der Waals surface area (Å²) in [7, 11) is 0. The molecule has 1 aromatic heterocycles. The molecule has 2 unspecified atom stereocenters. The van der Waals surface area contributed by atoms with Gasteiger partial charge >= 0.3 is 0 Å². The molecular formula is C27H30Cl2N4O3. The Morgan fingerprint density at radius 2 is 1.83 bits per heavy atom. The van der Waals surface area contributed by atoms with Crippen molar-refractivity contribution in [2.45, 2.75) is 44.8 Å². The van der Waals surface area contributed by atoms with Crippen molar-refractivity contribution in [3.05, 3.63) is 88.0 Å². The maximum atomic E-state index is 13.3. The zero-order valence-electron chi connectivity index (χ0n) is 20.4. The topological polar surface area (TPSA) is 110 Å². The van der Waals surface area contributed by atoms with Gasteiger partial charge in [-0.3, -0.25) is 10.2 Å². The lowest BCUT2D eigenvalue weighted by atomic mass is 9.86. The van der Waals surface area contributed by atoms with Gasteiger partial charge in [0.1, 0.15) is 18.2 Å². The number of amidine groups is 1. The molecule has 0 saturated heterocycles. The highest BCUT2D eigenvalue weighted by Crippen LogP contribution is 2.28.